The predicted molar refractivity (Wildman–Crippen MR) is 111 cm³/mol. The summed E-state index contributed by atoms with van der Waals surface area (Å²) in [5, 5.41) is 2.08. The van der Waals surface area contributed by atoms with Crippen LogP contribution in [-0.2, 0) is 16.1 Å². The zero-order valence-corrected chi connectivity index (χ0v) is 18.4. The summed E-state index contributed by atoms with van der Waals surface area (Å²) in [5.41, 5.74) is 3.39. The van der Waals surface area contributed by atoms with E-state index in [1.807, 2.05) is 18.2 Å². The van der Waals surface area contributed by atoms with Gasteiger partial charge in [0.1, 0.15) is 6.61 Å². The maximum atomic E-state index is 12.5. The molecule has 2 atom stereocenters. The lowest BCUT2D eigenvalue weighted by Crippen LogP contribution is -2.11. The molecule has 3 rings (SSSR count). The van der Waals surface area contributed by atoms with Crippen molar-refractivity contribution in [3.05, 3.63) is 56.3 Å². The van der Waals surface area contributed by atoms with Crippen LogP contribution in [0.15, 0.2) is 45.2 Å². The first-order chi connectivity index (χ1) is 11.8. The number of hydrogen-bond donors (Lipinski definition) is 0. The molecule has 5 heteroatoms. The smallest absolute Gasteiger partial charge is 0.310 e. The van der Waals surface area contributed by atoms with Crippen molar-refractivity contribution < 1.29 is 9.53 Å². The summed E-state index contributed by atoms with van der Waals surface area (Å²) in [6.07, 6.45) is 2.04. The molecule has 1 aliphatic rings. The van der Waals surface area contributed by atoms with Crippen LogP contribution in [0.2, 0.25) is 0 Å². The largest absolute Gasteiger partial charge is 0.461 e. The minimum atomic E-state index is -0.117. The standard InChI is InChI=1S/C20H20Br2O2S/c1-12-13(6-4-7-14(12)16-8-5-9-25-16)11-24-19(23)18-15(10-17(21)22)20(18,2)3/h4-10,15,18H,11H2,1-3H3/t15-,18-/m1/s1. The van der Waals surface area contributed by atoms with Crippen LogP contribution in [-0.4, -0.2) is 5.97 Å². The number of hydrogen-bond acceptors (Lipinski definition) is 3. The SMILES string of the molecule is Cc1c(COC(=O)[C@H]2[C@@H](C=C(Br)Br)C2(C)C)cccc1-c1cccs1. The first kappa shape index (κ1) is 18.9. The van der Waals surface area contributed by atoms with Crippen LogP contribution in [0.4, 0.5) is 0 Å². The second-order valence-corrected chi connectivity index (χ2v) is 10.7. The Bertz CT molecular complexity index is 805. The van der Waals surface area contributed by atoms with Crippen LogP contribution >= 0.6 is 43.2 Å². The second-order valence-electron chi connectivity index (χ2n) is 6.96. The number of rotatable bonds is 5. The number of halogens is 2. The second kappa shape index (κ2) is 7.37. The molecule has 0 N–H and O–H groups in total. The molecule has 0 aliphatic heterocycles. The third kappa shape index (κ3) is 3.93. The van der Waals surface area contributed by atoms with E-state index < -0.39 is 0 Å². The van der Waals surface area contributed by atoms with E-state index in [9.17, 15) is 4.79 Å². The molecule has 25 heavy (non-hydrogen) atoms. The molecular formula is C20H20Br2O2S. The van der Waals surface area contributed by atoms with Gasteiger partial charge in [0, 0.05) is 4.88 Å². The number of benzene rings is 1. The van der Waals surface area contributed by atoms with Gasteiger partial charge in [-0.15, -0.1) is 11.3 Å². The minimum absolute atomic E-state index is 0.0578. The lowest BCUT2D eigenvalue weighted by Gasteiger charge is -2.11. The first-order valence-corrected chi connectivity index (χ1v) is 10.6. The van der Waals surface area contributed by atoms with Crippen LogP contribution in [0.3, 0.4) is 0 Å². The summed E-state index contributed by atoms with van der Waals surface area (Å²) in [5.74, 6) is -0.000823. The van der Waals surface area contributed by atoms with E-state index in [2.05, 4.69) is 76.2 Å². The molecule has 2 aromatic rings. The van der Waals surface area contributed by atoms with Gasteiger partial charge in [-0.1, -0.05) is 44.2 Å². The summed E-state index contributed by atoms with van der Waals surface area (Å²) in [7, 11) is 0. The van der Waals surface area contributed by atoms with Crippen LogP contribution in [0, 0.1) is 24.2 Å². The van der Waals surface area contributed by atoms with Gasteiger partial charge in [0.2, 0.25) is 0 Å². The van der Waals surface area contributed by atoms with E-state index >= 15 is 0 Å². The fourth-order valence-corrected chi connectivity index (χ4v) is 4.73. The molecular weight excluding hydrogens is 464 g/mol. The van der Waals surface area contributed by atoms with Gasteiger partial charge in [-0.2, -0.15) is 0 Å². The average Bonchev–Trinajstić information content (AvgIpc) is 2.93. The van der Waals surface area contributed by atoms with Crippen molar-refractivity contribution in [2.75, 3.05) is 0 Å². The zero-order chi connectivity index (χ0) is 18.2. The van der Waals surface area contributed by atoms with Gasteiger partial charge in [-0.3, -0.25) is 4.79 Å². The van der Waals surface area contributed by atoms with Crippen molar-refractivity contribution in [1.29, 1.82) is 0 Å². The van der Waals surface area contributed by atoms with Gasteiger partial charge in [-0.05, 0) is 78.3 Å². The summed E-state index contributed by atoms with van der Waals surface area (Å²) in [4.78, 5) is 13.8. The summed E-state index contributed by atoms with van der Waals surface area (Å²) >= 11 is 8.48. The van der Waals surface area contributed by atoms with E-state index in [0.717, 1.165) is 8.96 Å². The van der Waals surface area contributed by atoms with Crippen molar-refractivity contribution in [1.82, 2.24) is 0 Å². The predicted octanol–water partition coefficient (Wildman–Crippen LogP) is 6.67. The Morgan fingerprint density at radius 3 is 2.68 bits per heavy atom. The number of allylic oxidation sites excluding steroid dienone is 1. The molecule has 2 nitrogen and oxygen atoms in total. The Hall–Kier alpha value is -0.910. The van der Waals surface area contributed by atoms with Crippen molar-refractivity contribution >= 4 is 49.2 Å². The molecule has 1 saturated carbocycles. The van der Waals surface area contributed by atoms with Crippen LogP contribution in [0.5, 0.6) is 0 Å². The lowest BCUT2D eigenvalue weighted by atomic mass is 10.0. The van der Waals surface area contributed by atoms with Gasteiger partial charge in [0.15, 0.2) is 0 Å². The van der Waals surface area contributed by atoms with E-state index in [-0.39, 0.29) is 23.2 Å². The topological polar surface area (TPSA) is 26.3 Å². The monoisotopic (exact) mass is 482 g/mol. The summed E-state index contributed by atoms with van der Waals surface area (Å²) < 4.78 is 6.54. The number of esters is 1. The molecule has 0 bridgehead atoms. The molecule has 0 unspecified atom stereocenters. The molecule has 0 radical (unpaired) electrons. The minimum Gasteiger partial charge on any atom is -0.461 e. The average molecular weight is 484 g/mol. The van der Waals surface area contributed by atoms with Crippen molar-refractivity contribution in [2.24, 2.45) is 17.3 Å². The van der Waals surface area contributed by atoms with Gasteiger partial charge >= 0.3 is 5.97 Å². The van der Waals surface area contributed by atoms with Crippen LogP contribution in [0.1, 0.15) is 25.0 Å². The fourth-order valence-electron chi connectivity index (χ4n) is 3.35. The van der Waals surface area contributed by atoms with Gasteiger partial charge in [0.05, 0.1) is 9.31 Å². The highest BCUT2D eigenvalue weighted by Crippen LogP contribution is 2.60. The first-order valence-electron chi connectivity index (χ1n) is 8.14. The van der Waals surface area contributed by atoms with Crippen molar-refractivity contribution in [3.63, 3.8) is 0 Å². The number of carbonyl (C=O) groups is 1. The summed E-state index contributed by atoms with van der Waals surface area (Å²) in [6.45, 7) is 6.62. The molecule has 0 spiro atoms. The quantitative estimate of drug-likeness (QED) is 0.444. The highest BCUT2D eigenvalue weighted by Gasteiger charge is 2.61. The van der Waals surface area contributed by atoms with Gasteiger partial charge in [-0.25, -0.2) is 0 Å². The molecule has 0 saturated heterocycles. The van der Waals surface area contributed by atoms with Gasteiger partial charge < -0.3 is 4.74 Å². The zero-order valence-electron chi connectivity index (χ0n) is 14.4. The van der Waals surface area contributed by atoms with Crippen molar-refractivity contribution in [2.45, 2.75) is 27.4 Å². The molecule has 1 aromatic heterocycles. The normalized spacial score (nSPS) is 20.8. The highest BCUT2D eigenvalue weighted by molar-refractivity contribution is 9.28. The Morgan fingerprint density at radius 1 is 1.28 bits per heavy atom. The Labute approximate surface area is 169 Å². The molecule has 132 valence electrons. The van der Waals surface area contributed by atoms with Crippen molar-refractivity contribution in [3.8, 4) is 10.4 Å². The third-order valence-corrected chi connectivity index (χ3v) is 6.50. The lowest BCUT2D eigenvalue weighted by molar-refractivity contribution is -0.147. The molecule has 0 amide bonds. The molecule has 1 heterocycles. The van der Waals surface area contributed by atoms with E-state index in [0.29, 0.717) is 6.61 Å². The van der Waals surface area contributed by atoms with Gasteiger partial charge in [0.25, 0.3) is 0 Å². The molecule has 1 aromatic carbocycles. The number of ether oxygens (including phenoxy) is 1. The Balaban J connectivity index is 1.70. The maximum Gasteiger partial charge on any atom is 0.310 e. The summed E-state index contributed by atoms with van der Waals surface area (Å²) in [6, 6.07) is 10.3. The van der Waals surface area contributed by atoms with Crippen LogP contribution in [0.25, 0.3) is 10.4 Å². The number of carbonyl (C=O) groups excluding carboxylic acids is 1. The van der Waals surface area contributed by atoms with E-state index in [1.165, 1.54) is 16.0 Å². The highest BCUT2D eigenvalue weighted by atomic mass is 79.9. The van der Waals surface area contributed by atoms with Crippen LogP contribution < -0.4 is 0 Å². The Morgan fingerprint density at radius 2 is 2.04 bits per heavy atom. The molecule has 1 aliphatic carbocycles. The fraction of sp³-hybridized carbons (Fsp3) is 0.350. The Kier molecular flexibility index (Phi) is 5.57. The maximum absolute atomic E-state index is 12.5. The molecule has 1 fully saturated rings. The number of thiophene rings is 1. The van der Waals surface area contributed by atoms with E-state index in [4.69, 9.17) is 4.74 Å². The third-order valence-electron chi connectivity index (χ3n) is 5.07. The van der Waals surface area contributed by atoms with E-state index in [1.54, 1.807) is 11.3 Å².